The first kappa shape index (κ1) is 19.6. The van der Waals surface area contributed by atoms with E-state index < -0.39 is 32.3 Å². The molecule has 24 heavy (non-hydrogen) atoms. The molecule has 1 amide bonds. The zero-order valence-corrected chi connectivity index (χ0v) is 13.8. The maximum absolute atomic E-state index is 12.0. The van der Waals surface area contributed by atoms with Crippen LogP contribution in [-0.4, -0.2) is 43.1 Å². The van der Waals surface area contributed by atoms with Gasteiger partial charge >= 0.3 is 5.97 Å². The van der Waals surface area contributed by atoms with Crippen LogP contribution in [0.4, 0.5) is 5.69 Å². The molecule has 2 N–H and O–H groups in total. The molecule has 0 saturated heterocycles. The molecule has 0 saturated carbocycles. The van der Waals surface area contributed by atoms with Gasteiger partial charge in [-0.05, 0) is 18.9 Å². The minimum absolute atomic E-state index is 0.0521. The molecule has 0 fully saturated rings. The second-order valence-electron chi connectivity index (χ2n) is 5.21. The van der Waals surface area contributed by atoms with Crippen LogP contribution < -0.4 is 5.32 Å². The Morgan fingerprint density at radius 1 is 1.21 bits per heavy atom. The third-order valence-corrected chi connectivity index (χ3v) is 4.24. The summed E-state index contributed by atoms with van der Waals surface area (Å²) in [5.41, 5.74) is -0.598. The van der Waals surface area contributed by atoms with E-state index in [1.54, 1.807) is 0 Å². The lowest BCUT2D eigenvalue weighted by atomic mass is 10.1. The fourth-order valence-electron chi connectivity index (χ4n) is 1.92. The number of hydrogen-bond acceptors (Lipinski definition) is 6. The summed E-state index contributed by atoms with van der Waals surface area (Å²) in [6.07, 6.45) is 2.59. The number of benzene rings is 1. The van der Waals surface area contributed by atoms with Crippen LogP contribution in [-0.2, 0) is 14.6 Å². The van der Waals surface area contributed by atoms with Gasteiger partial charge in [0.1, 0.15) is 0 Å². The topological polar surface area (TPSA) is 144 Å². The fourth-order valence-corrected chi connectivity index (χ4v) is 2.59. The van der Waals surface area contributed by atoms with Gasteiger partial charge in [0.2, 0.25) is 0 Å². The molecular formula is C14H18N2O7S. The number of carboxylic acid groups (broad SMARTS) is 1. The Hall–Kier alpha value is -2.49. The van der Waals surface area contributed by atoms with Crippen molar-refractivity contribution < 1.29 is 28.0 Å². The lowest BCUT2D eigenvalue weighted by Gasteiger charge is -2.07. The molecule has 1 rings (SSSR count). The van der Waals surface area contributed by atoms with E-state index in [-0.39, 0.29) is 23.4 Å². The number of hydrogen-bond donors (Lipinski definition) is 2. The van der Waals surface area contributed by atoms with E-state index in [4.69, 9.17) is 5.11 Å². The van der Waals surface area contributed by atoms with Crippen molar-refractivity contribution in [3.8, 4) is 0 Å². The number of unbranched alkanes of at least 4 members (excludes halogenated alkanes) is 2. The number of non-ortho nitro benzene ring substituents is 1. The van der Waals surface area contributed by atoms with Crippen molar-refractivity contribution in [2.75, 3.05) is 12.8 Å². The second-order valence-corrected chi connectivity index (χ2v) is 7.22. The molecule has 9 nitrogen and oxygen atoms in total. The zero-order chi connectivity index (χ0) is 18.3. The lowest BCUT2D eigenvalue weighted by Crippen LogP contribution is -2.24. The number of carbonyl (C=O) groups is 2. The molecule has 0 spiro atoms. The van der Waals surface area contributed by atoms with Crippen LogP contribution in [0.1, 0.15) is 36.0 Å². The standard InChI is InChI=1S/C14H18N2O7S/c1-24(22,23)12-8-10(7-11(9-12)16(20)21)14(19)15-6-4-2-3-5-13(17)18/h7-9H,2-6H2,1H3,(H,15,19)(H,17,18). The molecule has 0 heterocycles. The Morgan fingerprint density at radius 3 is 2.42 bits per heavy atom. The number of nitro groups is 1. The van der Waals surface area contributed by atoms with Crippen molar-refractivity contribution in [1.29, 1.82) is 0 Å². The number of nitrogens with zero attached hydrogens (tertiary/aromatic N) is 1. The second kappa shape index (κ2) is 8.39. The summed E-state index contributed by atoms with van der Waals surface area (Å²) in [5.74, 6) is -1.51. The largest absolute Gasteiger partial charge is 0.481 e. The average molecular weight is 358 g/mol. The highest BCUT2D eigenvalue weighted by Crippen LogP contribution is 2.21. The van der Waals surface area contributed by atoms with E-state index in [1.807, 2.05) is 0 Å². The number of aliphatic carboxylic acids is 1. The first-order chi connectivity index (χ1) is 11.1. The Balaban J connectivity index is 2.74. The molecule has 0 aliphatic rings. The van der Waals surface area contributed by atoms with Crippen LogP contribution in [0.2, 0.25) is 0 Å². The van der Waals surface area contributed by atoms with Gasteiger partial charge in [-0.3, -0.25) is 19.7 Å². The number of carboxylic acids is 1. The number of nitro benzene ring substituents is 1. The summed E-state index contributed by atoms with van der Waals surface area (Å²) < 4.78 is 23.1. The quantitative estimate of drug-likeness (QED) is 0.385. The van der Waals surface area contributed by atoms with Crippen molar-refractivity contribution in [3.05, 3.63) is 33.9 Å². The Morgan fingerprint density at radius 2 is 1.88 bits per heavy atom. The van der Waals surface area contributed by atoms with Crippen molar-refractivity contribution in [3.63, 3.8) is 0 Å². The highest BCUT2D eigenvalue weighted by atomic mass is 32.2. The summed E-state index contributed by atoms with van der Waals surface area (Å²) in [5, 5.41) is 21.9. The fraction of sp³-hybridized carbons (Fsp3) is 0.429. The molecule has 0 aliphatic carbocycles. The van der Waals surface area contributed by atoms with Gasteiger partial charge in [0, 0.05) is 36.9 Å². The molecule has 1 aromatic rings. The SMILES string of the molecule is CS(=O)(=O)c1cc(C(=O)NCCCCCC(=O)O)cc([N+](=O)[O-])c1. The van der Waals surface area contributed by atoms with Crippen molar-refractivity contribution in [1.82, 2.24) is 5.32 Å². The van der Waals surface area contributed by atoms with E-state index >= 15 is 0 Å². The van der Waals surface area contributed by atoms with Crippen molar-refractivity contribution in [2.45, 2.75) is 30.6 Å². The number of amides is 1. The number of rotatable bonds is 9. The Kier molecular flexibility index (Phi) is 6.83. The van der Waals surface area contributed by atoms with Crippen LogP contribution in [0.15, 0.2) is 23.1 Å². The van der Waals surface area contributed by atoms with Crippen molar-refractivity contribution in [2.24, 2.45) is 0 Å². The Labute approximate surface area is 138 Å². The number of nitrogens with one attached hydrogen (secondary N) is 1. The van der Waals surface area contributed by atoms with Crippen LogP contribution in [0.3, 0.4) is 0 Å². The monoisotopic (exact) mass is 358 g/mol. The van der Waals surface area contributed by atoms with E-state index in [0.717, 1.165) is 24.5 Å². The molecule has 0 atom stereocenters. The predicted molar refractivity (Wildman–Crippen MR) is 84.6 cm³/mol. The number of sulfone groups is 1. The molecule has 0 aromatic heterocycles. The smallest absolute Gasteiger partial charge is 0.303 e. The molecule has 0 radical (unpaired) electrons. The van der Waals surface area contributed by atoms with E-state index in [2.05, 4.69) is 5.32 Å². The van der Waals surface area contributed by atoms with Gasteiger partial charge in [-0.25, -0.2) is 8.42 Å². The minimum atomic E-state index is -3.70. The van der Waals surface area contributed by atoms with Gasteiger partial charge in [-0.2, -0.15) is 0 Å². The summed E-state index contributed by atoms with van der Waals surface area (Å²) >= 11 is 0. The lowest BCUT2D eigenvalue weighted by molar-refractivity contribution is -0.385. The van der Waals surface area contributed by atoms with Crippen LogP contribution in [0.5, 0.6) is 0 Å². The molecule has 132 valence electrons. The van der Waals surface area contributed by atoms with Gasteiger partial charge in [-0.15, -0.1) is 0 Å². The van der Waals surface area contributed by atoms with E-state index in [0.29, 0.717) is 19.3 Å². The summed E-state index contributed by atoms with van der Waals surface area (Å²) in [6, 6.07) is 2.99. The maximum Gasteiger partial charge on any atom is 0.303 e. The highest BCUT2D eigenvalue weighted by molar-refractivity contribution is 7.90. The predicted octanol–water partition coefficient (Wildman–Crippen LogP) is 1.37. The van der Waals surface area contributed by atoms with Gasteiger partial charge in [-0.1, -0.05) is 6.42 Å². The van der Waals surface area contributed by atoms with Gasteiger partial charge in [0.15, 0.2) is 9.84 Å². The summed E-state index contributed by atoms with van der Waals surface area (Å²) in [6.45, 7) is 0.259. The summed E-state index contributed by atoms with van der Waals surface area (Å²) in [7, 11) is -3.70. The van der Waals surface area contributed by atoms with Crippen LogP contribution >= 0.6 is 0 Å². The van der Waals surface area contributed by atoms with Gasteiger partial charge < -0.3 is 10.4 Å². The zero-order valence-electron chi connectivity index (χ0n) is 13.0. The minimum Gasteiger partial charge on any atom is -0.481 e. The van der Waals surface area contributed by atoms with Gasteiger partial charge in [0.05, 0.1) is 9.82 Å². The molecule has 10 heteroatoms. The highest BCUT2D eigenvalue weighted by Gasteiger charge is 2.18. The van der Waals surface area contributed by atoms with Gasteiger partial charge in [0.25, 0.3) is 11.6 Å². The van der Waals surface area contributed by atoms with Crippen molar-refractivity contribution >= 4 is 27.4 Å². The normalized spacial score (nSPS) is 11.0. The summed E-state index contributed by atoms with van der Waals surface area (Å²) in [4.78, 5) is 32.2. The van der Waals surface area contributed by atoms with Crippen LogP contribution in [0, 0.1) is 10.1 Å². The third-order valence-electron chi connectivity index (χ3n) is 3.15. The first-order valence-corrected chi connectivity index (χ1v) is 9.00. The van der Waals surface area contributed by atoms with E-state index in [9.17, 15) is 28.1 Å². The average Bonchev–Trinajstić information content (AvgIpc) is 2.48. The van der Waals surface area contributed by atoms with Crippen LogP contribution in [0.25, 0.3) is 0 Å². The molecule has 0 aliphatic heterocycles. The molecule has 0 unspecified atom stereocenters. The first-order valence-electron chi connectivity index (χ1n) is 7.11. The maximum atomic E-state index is 12.0. The molecular weight excluding hydrogens is 340 g/mol. The molecule has 1 aromatic carbocycles. The van der Waals surface area contributed by atoms with E-state index in [1.165, 1.54) is 0 Å². The number of carbonyl (C=O) groups excluding carboxylic acids is 1. The molecule has 0 bridgehead atoms. The third kappa shape index (κ3) is 6.32. The Bertz CT molecular complexity index is 743.